The second-order valence-corrected chi connectivity index (χ2v) is 9.61. The van der Waals surface area contributed by atoms with Crippen molar-refractivity contribution >= 4 is 39.1 Å². The second kappa shape index (κ2) is 8.28. The van der Waals surface area contributed by atoms with E-state index in [2.05, 4.69) is 4.90 Å². The Morgan fingerprint density at radius 1 is 0.967 bits per heavy atom. The van der Waals surface area contributed by atoms with Gasteiger partial charge in [0, 0.05) is 43.3 Å². The lowest BCUT2D eigenvalue weighted by Crippen LogP contribution is -2.55. The molecule has 2 aliphatic heterocycles. The molecule has 2 aromatic carbocycles. The molecule has 0 unspecified atom stereocenters. The summed E-state index contributed by atoms with van der Waals surface area (Å²) in [5, 5.41) is 0.650. The van der Waals surface area contributed by atoms with Crippen molar-refractivity contribution in [1.82, 2.24) is 9.21 Å². The summed E-state index contributed by atoms with van der Waals surface area (Å²) in [5.74, 6) is -0.846. The largest absolute Gasteiger partial charge is 0.368 e. The van der Waals surface area contributed by atoms with Crippen LogP contribution in [0.3, 0.4) is 0 Å². The van der Waals surface area contributed by atoms with Gasteiger partial charge in [0.15, 0.2) is 0 Å². The van der Waals surface area contributed by atoms with Crippen LogP contribution in [0, 0.1) is 0 Å². The van der Waals surface area contributed by atoms with E-state index in [0.717, 1.165) is 9.99 Å². The van der Waals surface area contributed by atoms with E-state index in [-0.39, 0.29) is 23.6 Å². The molecule has 0 N–H and O–H groups in total. The summed E-state index contributed by atoms with van der Waals surface area (Å²) in [6.45, 7) is 2.13. The predicted molar refractivity (Wildman–Crippen MR) is 114 cm³/mol. The van der Waals surface area contributed by atoms with Crippen LogP contribution in [0.4, 0.5) is 5.69 Å². The van der Waals surface area contributed by atoms with E-state index < -0.39 is 22.0 Å². The van der Waals surface area contributed by atoms with Gasteiger partial charge in [-0.1, -0.05) is 35.9 Å². The molecule has 2 heterocycles. The monoisotopic (exact) mass is 447 g/mol. The van der Waals surface area contributed by atoms with E-state index in [4.69, 9.17) is 11.6 Å². The van der Waals surface area contributed by atoms with Crippen LogP contribution in [0.1, 0.15) is 12.8 Å². The fourth-order valence-electron chi connectivity index (χ4n) is 3.96. The third-order valence-electron chi connectivity index (χ3n) is 5.51. The molecule has 0 bridgehead atoms. The lowest BCUT2D eigenvalue weighted by atomic mass is 10.1. The summed E-state index contributed by atoms with van der Waals surface area (Å²) in [6.07, 6.45) is 0.253. The molecule has 2 aliphatic rings. The molecule has 7 nitrogen and oxygen atoms in total. The number of benzene rings is 2. The highest BCUT2D eigenvalue weighted by molar-refractivity contribution is 7.89. The van der Waals surface area contributed by atoms with Gasteiger partial charge < -0.3 is 9.80 Å². The number of piperazine rings is 1. The number of carbonyl (C=O) groups excluding carboxylic acids is 2. The Labute approximate surface area is 180 Å². The first-order valence-electron chi connectivity index (χ1n) is 9.79. The van der Waals surface area contributed by atoms with Gasteiger partial charge in [0.25, 0.3) is 10.0 Å². The molecule has 2 fully saturated rings. The SMILES string of the molecule is O=C([C@@H]1CCC(=O)N1S(=O)(=O)c1ccccc1)N1CCN(c2cccc(Cl)c2)CC1. The normalized spacial score (nSPS) is 20.0. The minimum atomic E-state index is -4.07. The van der Waals surface area contributed by atoms with E-state index in [1.165, 1.54) is 12.1 Å². The molecule has 158 valence electrons. The zero-order chi connectivity index (χ0) is 21.3. The fraction of sp³-hybridized carbons (Fsp3) is 0.333. The molecule has 0 saturated carbocycles. The standard InChI is InChI=1S/C21H22ClN3O4S/c22-16-5-4-6-17(15-16)23-11-13-24(14-12-23)21(27)19-9-10-20(26)25(19)30(28,29)18-7-2-1-3-8-18/h1-8,15,19H,9-14H2/t19-/m0/s1. The Morgan fingerprint density at radius 2 is 1.67 bits per heavy atom. The molecule has 2 aromatic rings. The van der Waals surface area contributed by atoms with Crippen molar-refractivity contribution in [2.45, 2.75) is 23.8 Å². The first-order chi connectivity index (χ1) is 14.4. The average Bonchev–Trinajstić information content (AvgIpc) is 3.16. The van der Waals surface area contributed by atoms with Gasteiger partial charge in [-0.25, -0.2) is 12.7 Å². The van der Waals surface area contributed by atoms with Crippen LogP contribution in [0.15, 0.2) is 59.5 Å². The Hall–Kier alpha value is -2.58. The van der Waals surface area contributed by atoms with Crippen molar-refractivity contribution in [2.24, 2.45) is 0 Å². The highest BCUT2D eigenvalue weighted by atomic mass is 35.5. The molecule has 0 aliphatic carbocycles. The highest BCUT2D eigenvalue weighted by Gasteiger charge is 2.45. The molecule has 2 saturated heterocycles. The van der Waals surface area contributed by atoms with Crippen LogP contribution in [-0.4, -0.2) is 61.7 Å². The third-order valence-corrected chi connectivity index (χ3v) is 7.59. The zero-order valence-electron chi connectivity index (χ0n) is 16.3. The number of carbonyl (C=O) groups is 2. The Bertz CT molecular complexity index is 1050. The minimum Gasteiger partial charge on any atom is -0.368 e. The van der Waals surface area contributed by atoms with E-state index in [9.17, 15) is 18.0 Å². The molecule has 1 atom stereocenters. The lowest BCUT2D eigenvalue weighted by Gasteiger charge is -2.38. The first kappa shape index (κ1) is 20.7. The van der Waals surface area contributed by atoms with Crippen molar-refractivity contribution in [3.8, 4) is 0 Å². The summed E-state index contributed by atoms with van der Waals surface area (Å²) in [6, 6.07) is 14.3. The molecular weight excluding hydrogens is 426 g/mol. The van der Waals surface area contributed by atoms with Gasteiger partial charge in [-0.05, 0) is 36.8 Å². The number of hydrogen-bond donors (Lipinski definition) is 0. The molecule has 9 heteroatoms. The molecule has 0 aromatic heterocycles. The van der Waals surface area contributed by atoms with Gasteiger partial charge in [0.05, 0.1) is 4.90 Å². The van der Waals surface area contributed by atoms with Crippen LogP contribution >= 0.6 is 11.6 Å². The number of amides is 2. The molecule has 2 amide bonds. The van der Waals surface area contributed by atoms with Crippen molar-refractivity contribution in [2.75, 3.05) is 31.1 Å². The number of rotatable bonds is 4. The van der Waals surface area contributed by atoms with Crippen LogP contribution in [0.2, 0.25) is 5.02 Å². The van der Waals surface area contributed by atoms with E-state index in [0.29, 0.717) is 31.2 Å². The van der Waals surface area contributed by atoms with Crippen LogP contribution in [-0.2, 0) is 19.6 Å². The fourth-order valence-corrected chi connectivity index (χ4v) is 5.76. The summed E-state index contributed by atoms with van der Waals surface area (Å²) in [7, 11) is -4.07. The number of sulfonamides is 1. The number of hydrogen-bond acceptors (Lipinski definition) is 5. The Kier molecular flexibility index (Phi) is 5.71. The van der Waals surface area contributed by atoms with E-state index in [1.807, 2.05) is 24.3 Å². The van der Waals surface area contributed by atoms with Gasteiger partial charge in [-0.15, -0.1) is 0 Å². The van der Waals surface area contributed by atoms with Gasteiger partial charge in [-0.3, -0.25) is 9.59 Å². The van der Waals surface area contributed by atoms with Gasteiger partial charge >= 0.3 is 0 Å². The number of anilines is 1. The topological polar surface area (TPSA) is 78.0 Å². The van der Waals surface area contributed by atoms with Crippen molar-refractivity contribution in [1.29, 1.82) is 0 Å². The summed E-state index contributed by atoms with van der Waals surface area (Å²) in [4.78, 5) is 29.4. The van der Waals surface area contributed by atoms with Gasteiger partial charge in [-0.2, -0.15) is 0 Å². The Morgan fingerprint density at radius 3 is 2.33 bits per heavy atom. The maximum absolute atomic E-state index is 13.2. The maximum Gasteiger partial charge on any atom is 0.267 e. The zero-order valence-corrected chi connectivity index (χ0v) is 17.8. The summed E-state index contributed by atoms with van der Waals surface area (Å²) >= 11 is 6.07. The van der Waals surface area contributed by atoms with Crippen molar-refractivity contribution in [3.63, 3.8) is 0 Å². The van der Waals surface area contributed by atoms with Crippen molar-refractivity contribution < 1.29 is 18.0 Å². The molecule has 0 spiro atoms. The quantitative estimate of drug-likeness (QED) is 0.719. The smallest absolute Gasteiger partial charge is 0.267 e. The van der Waals surface area contributed by atoms with E-state index in [1.54, 1.807) is 23.1 Å². The minimum absolute atomic E-state index is 0.0174. The first-order valence-corrected chi connectivity index (χ1v) is 11.6. The summed E-state index contributed by atoms with van der Waals surface area (Å²) < 4.78 is 26.8. The number of nitrogens with zero attached hydrogens (tertiary/aromatic N) is 3. The molecule has 30 heavy (non-hydrogen) atoms. The highest BCUT2D eigenvalue weighted by Crippen LogP contribution is 2.29. The van der Waals surface area contributed by atoms with Crippen LogP contribution in [0.5, 0.6) is 0 Å². The average molecular weight is 448 g/mol. The Balaban J connectivity index is 1.48. The van der Waals surface area contributed by atoms with Crippen molar-refractivity contribution in [3.05, 3.63) is 59.6 Å². The predicted octanol–water partition coefficient (Wildman–Crippen LogP) is 2.37. The molecule has 0 radical (unpaired) electrons. The van der Waals surface area contributed by atoms with E-state index >= 15 is 0 Å². The van der Waals surface area contributed by atoms with Gasteiger partial charge in [0.2, 0.25) is 11.8 Å². The van der Waals surface area contributed by atoms with Crippen LogP contribution < -0.4 is 4.90 Å². The van der Waals surface area contributed by atoms with Crippen LogP contribution in [0.25, 0.3) is 0 Å². The lowest BCUT2D eigenvalue weighted by molar-refractivity contribution is -0.138. The maximum atomic E-state index is 13.2. The third kappa shape index (κ3) is 3.89. The molecular formula is C21H22ClN3O4S. The second-order valence-electron chi connectivity index (χ2n) is 7.35. The molecule has 4 rings (SSSR count). The summed E-state index contributed by atoms with van der Waals surface area (Å²) in [5.41, 5.74) is 0.985. The van der Waals surface area contributed by atoms with Gasteiger partial charge in [0.1, 0.15) is 6.04 Å². The number of halogens is 1.